The van der Waals surface area contributed by atoms with E-state index >= 15 is 0 Å². The molecule has 2 saturated heterocycles. The minimum Gasteiger partial charge on any atom is -0.368 e. The van der Waals surface area contributed by atoms with Crippen LogP contribution in [0.3, 0.4) is 0 Å². The average Bonchev–Trinajstić information content (AvgIpc) is 3.27. The van der Waals surface area contributed by atoms with Crippen LogP contribution in [-0.2, 0) is 21.4 Å². The number of hydrogen-bond donors (Lipinski definition) is 0. The molecule has 2 aliphatic rings. The predicted molar refractivity (Wildman–Crippen MR) is 152 cm³/mol. The summed E-state index contributed by atoms with van der Waals surface area (Å²) < 4.78 is 30.2. The second-order valence-electron chi connectivity index (χ2n) is 10.8. The molecule has 0 spiro atoms. The highest BCUT2D eigenvalue weighted by Gasteiger charge is 2.36. The zero-order chi connectivity index (χ0) is 28.8. The monoisotopic (exact) mass is 588 g/mol. The maximum absolute atomic E-state index is 13.8. The fourth-order valence-corrected chi connectivity index (χ4v) is 9.06. The van der Waals surface area contributed by atoms with Crippen LogP contribution in [0.1, 0.15) is 25.1 Å². The van der Waals surface area contributed by atoms with E-state index in [-0.39, 0.29) is 40.3 Å². The van der Waals surface area contributed by atoms with Crippen LogP contribution in [0.15, 0.2) is 40.3 Å². The standard InChI is InChI=1S/C26H32N6O6S2/c1-17-12-18(2)14-31(13-17)40(37,38)24-19(3)39-25-23(24)26(34)30(16-27-25)15-22(33)29-10-8-28(9-11-29)20-4-6-21(7-5-20)32(35)36/h4-7,16-18H,8-15H2,1-3H3/t17-,18-/m0/s1. The molecule has 4 heterocycles. The summed E-state index contributed by atoms with van der Waals surface area (Å²) in [6.45, 7) is 8.23. The van der Waals surface area contributed by atoms with Gasteiger partial charge in [-0.3, -0.25) is 24.3 Å². The largest absolute Gasteiger partial charge is 0.368 e. The first-order valence-electron chi connectivity index (χ1n) is 13.2. The number of nitrogens with zero attached hydrogens (tertiary/aromatic N) is 6. The van der Waals surface area contributed by atoms with E-state index in [1.54, 1.807) is 24.0 Å². The second-order valence-corrected chi connectivity index (χ2v) is 13.8. The summed E-state index contributed by atoms with van der Waals surface area (Å²) in [6, 6.07) is 6.29. The second kappa shape index (κ2) is 10.9. The Hall–Kier alpha value is -3.36. The van der Waals surface area contributed by atoms with Crippen LogP contribution >= 0.6 is 11.3 Å². The minimum atomic E-state index is -3.92. The fourth-order valence-electron chi connectivity index (χ4n) is 5.71. The number of sulfonamides is 1. The van der Waals surface area contributed by atoms with Crippen LogP contribution < -0.4 is 10.5 Å². The van der Waals surface area contributed by atoms with E-state index in [9.17, 15) is 28.1 Å². The number of amides is 1. The molecule has 0 N–H and O–H groups in total. The molecule has 0 radical (unpaired) electrons. The lowest BCUT2D eigenvalue weighted by atomic mass is 9.94. The Labute approximate surface area is 236 Å². The van der Waals surface area contributed by atoms with E-state index in [1.807, 2.05) is 18.7 Å². The smallest absolute Gasteiger partial charge is 0.269 e. The summed E-state index contributed by atoms with van der Waals surface area (Å²) >= 11 is 1.17. The Bertz CT molecular complexity index is 1600. The first-order valence-corrected chi connectivity index (χ1v) is 15.5. The molecule has 214 valence electrons. The number of anilines is 1. The zero-order valence-corrected chi connectivity index (χ0v) is 24.3. The van der Waals surface area contributed by atoms with E-state index in [2.05, 4.69) is 4.98 Å². The molecule has 0 bridgehead atoms. The van der Waals surface area contributed by atoms with Gasteiger partial charge in [-0.2, -0.15) is 4.31 Å². The number of aryl methyl sites for hydroxylation is 1. The van der Waals surface area contributed by atoms with Gasteiger partial charge in [0.05, 0.1) is 16.6 Å². The summed E-state index contributed by atoms with van der Waals surface area (Å²) in [5.74, 6) is 0.177. The lowest BCUT2D eigenvalue weighted by Gasteiger charge is -2.36. The molecule has 0 saturated carbocycles. The number of nitro benzene ring substituents is 1. The highest BCUT2D eigenvalue weighted by atomic mass is 32.2. The van der Waals surface area contributed by atoms with Crippen LogP contribution in [0.5, 0.6) is 0 Å². The SMILES string of the molecule is Cc1sc2ncn(CC(=O)N3CCN(c4ccc([N+](=O)[O-])cc4)CC3)c(=O)c2c1S(=O)(=O)N1C[C@@H](C)C[C@H](C)C1. The van der Waals surface area contributed by atoms with Gasteiger partial charge in [0.2, 0.25) is 15.9 Å². The van der Waals surface area contributed by atoms with Gasteiger partial charge in [0.25, 0.3) is 11.2 Å². The molecule has 12 nitrogen and oxygen atoms in total. The van der Waals surface area contributed by atoms with E-state index < -0.39 is 20.5 Å². The van der Waals surface area contributed by atoms with E-state index in [0.29, 0.717) is 49.0 Å². The topological polar surface area (TPSA) is 139 Å². The van der Waals surface area contributed by atoms with Crippen molar-refractivity contribution in [2.45, 2.75) is 38.6 Å². The summed E-state index contributed by atoms with van der Waals surface area (Å²) in [6.07, 6.45) is 2.26. The van der Waals surface area contributed by atoms with E-state index in [1.165, 1.54) is 38.7 Å². The van der Waals surface area contributed by atoms with Crippen LogP contribution in [0.2, 0.25) is 0 Å². The Morgan fingerprint density at radius 1 is 1.10 bits per heavy atom. The first kappa shape index (κ1) is 28.2. The summed E-state index contributed by atoms with van der Waals surface area (Å²) in [7, 11) is -3.92. The number of non-ortho nitro benzene ring substituents is 1. The number of nitro groups is 1. The maximum Gasteiger partial charge on any atom is 0.269 e. The Kier molecular flexibility index (Phi) is 7.68. The van der Waals surface area contributed by atoms with Gasteiger partial charge in [-0.05, 0) is 37.3 Å². The van der Waals surface area contributed by atoms with Crippen molar-refractivity contribution in [3.63, 3.8) is 0 Å². The van der Waals surface area contributed by atoms with E-state index in [4.69, 9.17) is 0 Å². The van der Waals surface area contributed by atoms with Crippen molar-refractivity contribution >= 4 is 48.9 Å². The summed E-state index contributed by atoms with van der Waals surface area (Å²) in [5, 5.41) is 11.0. The lowest BCUT2D eigenvalue weighted by Crippen LogP contribution is -2.50. The van der Waals surface area contributed by atoms with Gasteiger partial charge in [0, 0.05) is 62.0 Å². The third-order valence-electron chi connectivity index (χ3n) is 7.60. The molecule has 2 fully saturated rings. The Balaban J connectivity index is 1.33. The predicted octanol–water partition coefficient (Wildman–Crippen LogP) is 2.69. The van der Waals surface area contributed by atoms with Crippen LogP contribution in [-0.4, -0.2) is 77.3 Å². The number of rotatable bonds is 6. The number of hydrogen-bond acceptors (Lipinski definition) is 9. The molecule has 1 amide bonds. The van der Waals surface area contributed by atoms with Crippen molar-refractivity contribution in [2.24, 2.45) is 11.8 Å². The number of piperazine rings is 1. The molecular weight excluding hydrogens is 556 g/mol. The van der Waals surface area contributed by atoms with Gasteiger partial charge in [0.15, 0.2) is 0 Å². The molecule has 2 atom stereocenters. The number of fused-ring (bicyclic) bond motifs is 1. The summed E-state index contributed by atoms with van der Waals surface area (Å²) in [4.78, 5) is 46.1. The van der Waals surface area contributed by atoms with Crippen molar-refractivity contribution < 1.29 is 18.1 Å². The molecule has 3 aromatic rings. The Morgan fingerprint density at radius 3 is 2.33 bits per heavy atom. The Morgan fingerprint density at radius 2 is 1.73 bits per heavy atom. The fraction of sp³-hybridized carbons (Fsp3) is 0.500. The van der Waals surface area contributed by atoms with Gasteiger partial charge in [0.1, 0.15) is 16.3 Å². The molecule has 2 aliphatic heterocycles. The van der Waals surface area contributed by atoms with Gasteiger partial charge in [-0.25, -0.2) is 13.4 Å². The van der Waals surface area contributed by atoms with Gasteiger partial charge >= 0.3 is 0 Å². The highest BCUT2D eigenvalue weighted by molar-refractivity contribution is 7.89. The van der Waals surface area contributed by atoms with Crippen molar-refractivity contribution in [3.05, 3.63) is 55.9 Å². The van der Waals surface area contributed by atoms with E-state index in [0.717, 1.165) is 12.1 Å². The number of carbonyl (C=O) groups excluding carboxylic acids is 1. The minimum absolute atomic E-state index is 0.00445. The number of thiophene rings is 1. The maximum atomic E-state index is 13.8. The third kappa shape index (κ3) is 5.34. The normalized spacial score (nSPS) is 20.7. The van der Waals surface area contributed by atoms with Crippen LogP contribution in [0.25, 0.3) is 10.2 Å². The zero-order valence-electron chi connectivity index (χ0n) is 22.6. The molecule has 0 unspecified atom stereocenters. The molecule has 0 aliphatic carbocycles. The molecule has 1 aromatic carbocycles. The molecule has 14 heteroatoms. The van der Waals surface area contributed by atoms with Crippen LogP contribution in [0.4, 0.5) is 11.4 Å². The van der Waals surface area contributed by atoms with Crippen molar-refractivity contribution in [1.82, 2.24) is 18.8 Å². The molecular formula is C26H32N6O6S2. The average molecular weight is 589 g/mol. The molecule has 40 heavy (non-hydrogen) atoms. The number of aromatic nitrogens is 2. The molecule has 5 rings (SSSR count). The highest BCUT2D eigenvalue weighted by Crippen LogP contribution is 2.35. The number of carbonyl (C=O) groups is 1. The summed E-state index contributed by atoms with van der Waals surface area (Å²) in [5.41, 5.74) is 0.317. The van der Waals surface area contributed by atoms with Gasteiger partial charge < -0.3 is 9.80 Å². The van der Waals surface area contributed by atoms with Crippen LogP contribution in [0, 0.1) is 28.9 Å². The number of piperidine rings is 1. The first-order chi connectivity index (χ1) is 19.0. The van der Waals surface area contributed by atoms with Crippen molar-refractivity contribution in [3.8, 4) is 0 Å². The third-order valence-corrected chi connectivity index (χ3v) is 10.7. The lowest BCUT2D eigenvalue weighted by molar-refractivity contribution is -0.384. The number of benzene rings is 1. The van der Waals surface area contributed by atoms with Crippen molar-refractivity contribution in [1.29, 1.82) is 0 Å². The van der Waals surface area contributed by atoms with Gasteiger partial charge in [-0.15, -0.1) is 11.3 Å². The van der Waals surface area contributed by atoms with Crippen molar-refractivity contribution in [2.75, 3.05) is 44.2 Å². The molecule has 2 aromatic heterocycles. The quantitative estimate of drug-likeness (QED) is 0.316. The van der Waals surface area contributed by atoms with Gasteiger partial charge in [-0.1, -0.05) is 13.8 Å².